The van der Waals surface area contributed by atoms with E-state index in [2.05, 4.69) is 10.3 Å². The van der Waals surface area contributed by atoms with E-state index in [1.807, 2.05) is 0 Å². The van der Waals surface area contributed by atoms with Crippen LogP contribution in [-0.2, 0) is 6.54 Å². The van der Waals surface area contributed by atoms with Crippen LogP contribution >= 0.6 is 46.9 Å². The maximum atomic E-state index is 11.8. The number of hydrogen-bond acceptors (Lipinski definition) is 5. The zero-order valence-corrected chi connectivity index (χ0v) is 15.2. The minimum Gasteiger partial charge on any atom is -0.492 e. The molecule has 2 rings (SSSR count). The lowest BCUT2D eigenvalue weighted by molar-refractivity contribution is 0.0947. The van der Waals surface area contributed by atoms with Gasteiger partial charge in [0.05, 0.1) is 11.6 Å². The Kier molecular flexibility index (Phi) is 8.65. The van der Waals surface area contributed by atoms with Crippen molar-refractivity contribution in [2.45, 2.75) is 13.0 Å². The molecule has 23 heavy (non-hydrogen) atoms. The molecule has 0 aliphatic rings. The number of carbonyl (C=O) groups excluding carboxylic acids is 1. The molecule has 0 saturated carbocycles. The Labute approximate surface area is 154 Å². The van der Waals surface area contributed by atoms with E-state index in [1.165, 1.54) is 11.3 Å². The van der Waals surface area contributed by atoms with Gasteiger partial charge in [-0.15, -0.1) is 23.7 Å². The minimum atomic E-state index is -0.208. The number of carbonyl (C=O) groups is 1. The molecule has 0 atom stereocenters. The molecule has 0 aliphatic carbocycles. The van der Waals surface area contributed by atoms with Crippen LogP contribution in [-0.4, -0.2) is 24.0 Å². The SMILES string of the molecule is Cl.NCc1nc(C(=O)NCCCOc2ccc(Cl)cc2Cl)cs1. The van der Waals surface area contributed by atoms with Gasteiger partial charge in [0, 0.05) is 23.5 Å². The highest BCUT2D eigenvalue weighted by molar-refractivity contribution is 7.09. The summed E-state index contributed by atoms with van der Waals surface area (Å²) in [7, 11) is 0. The summed E-state index contributed by atoms with van der Waals surface area (Å²) in [6, 6.07) is 5.05. The first-order chi connectivity index (χ1) is 10.6. The molecule has 9 heteroatoms. The predicted molar refractivity (Wildman–Crippen MR) is 96.2 cm³/mol. The minimum absolute atomic E-state index is 0. The molecule has 5 nitrogen and oxygen atoms in total. The van der Waals surface area contributed by atoms with Crippen LogP contribution in [0.25, 0.3) is 0 Å². The molecule has 0 fully saturated rings. The van der Waals surface area contributed by atoms with Gasteiger partial charge in [0.2, 0.25) is 0 Å². The highest BCUT2D eigenvalue weighted by atomic mass is 35.5. The highest BCUT2D eigenvalue weighted by Crippen LogP contribution is 2.27. The van der Waals surface area contributed by atoms with Gasteiger partial charge in [-0.3, -0.25) is 4.79 Å². The van der Waals surface area contributed by atoms with Crippen molar-refractivity contribution in [3.63, 3.8) is 0 Å². The van der Waals surface area contributed by atoms with Gasteiger partial charge in [0.25, 0.3) is 5.91 Å². The number of nitrogens with zero attached hydrogens (tertiary/aromatic N) is 1. The smallest absolute Gasteiger partial charge is 0.270 e. The van der Waals surface area contributed by atoms with Crippen molar-refractivity contribution in [2.24, 2.45) is 5.73 Å². The Bertz CT molecular complexity index is 652. The van der Waals surface area contributed by atoms with Crippen LogP contribution in [0.4, 0.5) is 0 Å². The van der Waals surface area contributed by atoms with Crippen molar-refractivity contribution in [1.82, 2.24) is 10.3 Å². The van der Waals surface area contributed by atoms with Crippen LogP contribution < -0.4 is 15.8 Å². The van der Waals surface area contributed by atoms with E-state index in [9.17, 15) is 4.79 Å². The van der Waals surface area contributed by atoms with Gasteiger partial charge >= 0.3 is 0 Å². The number of amides is 1. The normalized spacial score (nSPS) is 10.0. The van der Waals surface area contributed by atoms with Gasteiger partial charge in [-0.05, 0) is 24.6 Å². The third-order valence-electron chi connectivity index (χ3n) is 2.72. The fraction of sp³-hybridized carbons (Fsp3) is 0.286. The monoisotopic (exact) mass is 395 g/mol. The molecule has 0 radical (unpaired) electrons. The second kappa shape index (κ2) is 9.95. The molecule has 1 heterocycles. The fourth-order valence-corrected chi connectivity index (χ4v) is 2.77. The molecule has 2 aromatic rings. The molecule has 1 amide bonds. The first kappa shape index (κ1) is 20.0. The second-order valence-corrected chi connectivity index (χ2v) is 6.15. The number of thiazole rings is 1. The topological polar surface area (TPSA) is 77.2 Å². The van der Waals surface area contributed by atoms with E-state index in [-0.39, 0.29) is 18.3 Å². The summed E-state index contributed by atoms with van der Waals surface area (Å²) in [5.41, 5.74) is 5.86. The molecule has 126 valence electrons. The molecule has 1 aromatic heterocycles. The Morgan fingerprint density at radius 3 is 2.83 bits per heavy atom. The molecule has 0 unspecified atom stereocenters. The van der Waals surface area contributed by atoms with Gasteiger partial charge < -0.3 is 15.8 Å². The van der Waals surface area contributed by atoms with Gasteiger partial charge in [-0.2, -0.15) is 0 Å². The Morgan fingerprint density at radius 2 is 2.17 bits per heavy atom. The first-order valence-corrected chi connectivity index (χ1v) is 8.24. The van der Waals surface area contributed by atoms with Gasteiger partial charge in [0.15, 0.2) is 0 Å². The summed E-state index contributed by atoms with van der Waals surface area (Å²) in [5.74, 6) is 0.366. The van der Waals surface area contributed by atoms with Crippen LogP contribution in [0.5, 0.6) is 5.75 Å². The summed E-state index contributed by atoms with van der Waals surface area (Å²) in [6.45, 7) is 1.26. The quantitative estimate of drug-likeness (QED) is 0.702. The fourth-order valence-electron chi connectivity index (χ4n) is 1.65. The second-order valence-electron chi connectivity index (χ2n) is 4.36. The lowest BCUT2D eigenvalue weighted by atomic mass is 10.3. The first-order valence-electron chi connectivity index (χ1n) is 6.60. The highest BCUT2D eigenvalue weighted by Gasteiger charge is 2.09. The van der Waals surface area contributed by atoms with Gasteiger partial charge in [-0.1, -0.05) is 23.2 Å². The molecule has 3 N–H and O–H groups in total. The maximum absolute atomic E-state index is 11.8. The van der Waals surface area contributed by atoms with E-state index >= 15 is 0 Å². The zero-order valence-electron chi connectivity index (χ0n) is 12.1. The molecule has 0 spiro atoms. The van der Waals surface area contributed by atoms with Crippen LogP contribution in [0.1, 0.15) is 21.9 Å². The summed E-state index contributed by atoms with van der Waals surface area (Å²) in [4.78, 5) is 15.9. The van der Waals surface area contributed by atoms with Gasteiger partial charge in [0.1, 0.15) is 16.5 Å². The number of hydrogen-bond donors (Lipinski definition) is 2. The predicted octanol–water partition coefficient (Wildman–Crippen LogP) is 3.53. The van der Waals surface area contributed by atoms with Crippen LogP contribution in [0.3, 0.4) is 0 Å². The summed E-state index contributed by atoms with van der Waals surface area (Å²) in [5, 5.41) is 6.24. The van der Waals surface area contributed by atoms with E-state index in [4.69, 9.17) is 33.7 Å². The number of aromatic nitrogens is 1. The number of nitrogens with one attached hydrogen (secondary N) is 1. The number of ether oxygens (including phenoxy) is 1. The van der Waals surface area contributed by atoms with Crippen LogP contribution in [0.2, 0.25) is 10.0 Å². The average Bonchev–Trinajstić information content (AvgIpc) is 2.97. The van der Waals surface area contributed by atoms with E-state index < -0.39 is 0 Å². The molecule has 0 aliphatic heterocycles. The largest absolute Gasteiger partial charge is 0.492 e. The molecule has 1 aromatic carbocycles. The summed E-state index contributed by atoms with van der Waals surface area (Å²) in [6.07, 6.45) is 0.651. The number of rotatable bonds is 7. The molecular formula is C14H16Cl3N3O2S. The van der Waals surface area contributed by atoms with E-state index in [1.54, 1.807) is 23.6 Å². The van der Waals surface area contributed by atoms with Crippen molar-refractivity contribution in [1.29, 1.82) is 0 Å². The van der Waals surface area contributed by atoms with Crippen LogP contribution in [0.15, 0.2) is 23.6 Å². The van der Waals surface area contributed by atoms with Crippen LogP contribution in [0, 0.1) is 0 Å². The average molecular weight is 397 g/mol. The number of halogens is 3. The Hall–Kier alpha value is -1.05. The lowest BCUT2D eigenvalue weighted by Crippen LogP contribution is -2.26. The van der Waals surface area contributed by atoms with Crippen molar-refractivity contribution in [2.75, 3.05) is 13.2 Å². The standard InChI is InChI=1S/C14H15Cl2N3O2S.ClH/c15-9-2-3-12(10(16)6-9)21-5-1-4-18-14(20)11-8-22-13(7-17)19-11;/h2-3,6,8H,1,4-5,7,17H2,(H,18,20);1H. The zero-order chi connectivity index (χ0) is 15.9. The number of nitrogens with two attached hydrogens (primary N) is 1. The van der Waals surface area contributed by atoms with Crippen molar-refractivity contribution in [3.05, 3.63) is 44.3 Å². The molecular weight excluding hydrogens is 381 g/mol. The third kappa shape index (κ3) is 6.16. The van der Waals surface area contributed by atoms with Crippen molar-refractivity contribution >= 4 is 52.9 Å². The van der Waals surface area contributed by atoms with Crippen molar-refractivity contribution < 1.29 is 9.53 Å². The van der Waals surface area contributed by atoms with Crippen molar-refractivity contribution in [3.8, 4) is 5.75 Å². The summed E-state index contributed by atoms with van der Waals surface area (Å²) >= 11 is 13.2. The third-order valence-corrected chi connectivity index (χ3v) is 4.12. The molecule has 0 saturated heterocycles. The summed E-state index contributed by atoms with van der Waals surface area (Å²) < 4.78 is 5.53. The number of benzene rings is 1. The Balaban J connectivity index is 0.00000264. The van der Waals surface area contributed by atoms with E-state index in [0.29, 0.717) is 47.6 Å². The van der Waals surface area contributed by atoms with Gasteiger partial charge in [-0.25, -0.2) is 4.98 Å². The van der Waals surface area contributed by atoms with E-state index in [0.717, 1.165) is 5.01 Å². The lowest BCUT2D eigenvalue weighted by Gasteiger charge is -2.08. The molecule has 0 bridgehead atoms. The Morgan fingerprint density at radius 1 is 1.39 bits per heavy atom. The maximum Gasteiger partial charge on any atom is 0.270 e.